The van der Waals surface area contributed by atoms with Crippen molar-refractivity contribution in [2.45, 2.75) is 43.7 Å². The van der Waals surface area contributed by atoms with Crippen molar-refractivity contribution < 1.29 is 18.3 Å². The Morgan fingerprint density at radius 1 is 1.17 bits per heavy atom. The van der Waals surface area contributed by atoms with Gasteiger partial charge in [0.25, 0.3) is 11.5 Å². The van der Waals surface area contributed by atoms with E-state index in [0.717, 1.165) is 36.8 Å². The Bertz CT molecular complexity index is 1500. The fraction of sp³-hybridized carbons (Fsp3) is 0.385. The number of fused-ring (bicyclic) bond motifs is 2. The second-order valence-electron chi connectivity index (χ2n) is 9.95. The smallest absolute Gasteiger partial charge is 0.272 e. The van der Waals surface area contributed by atoms with Gasteiger partial charge in [0, 0.05) is 29.6 Å². The van der Waals surface area contributed by atoms with Gasteiger partial charge in [-0.15, -0.1) is 0 Å². The second kappa shape index (κ2) is 8.69. The van der Waals surface area contributed by atoms with Gasteiger partial charge in [0.2, 0.25) is 0 Å². The molecule has 1 aromatic carbocycles. The highest BCUT2D eigenvalue weighted by Gasteiger charge is 2.54. The largest absolute Gasteiger partial charge is 0.485 e. The van der Waals surface area contributed by atoms with Crippen molar-refractivity contribution in [3.8, 4) is 5.75 Å². The van der Waals surface area contributed by atoms with Crippen molar-refractivity contribution in [2.24, 2.45) is 5.41 Å². The van der Waals surface area contributed by atoms with E-state index in [1.54, 1.807) is 22.7 Å². The van der Waals surface area contributed by atoms with E-state index in [1.807, 2.05) is 24.3 Å². The number of ether oxygens (including phenoxy) is 1. The Morgan fingerprint density at radius 3 is 2.67 bits per heavy atom. The highest BCUT2D eigenvalue weighted by molar-refractivity contribution is 5.93. The summed E-state index contributed by atoms with van der Waals surface area (Å²) < 4.78 is 32.4. The van der Waals surface area contributed by atoms with Crippen LogP contribution >= 0.6 is 0 Å². The molecule has 1 amide bonds. The number of halogens is 2. The number of hydrogen-bond acceptors (Lipinski definition) is 5. The summed E-state index contributed by atoms with van der Waals surface area (Å²) in [6.07, 6.45) is 5.72. The van der Waals surface area contributed by atoms with E-state index in [2.05, 4.69) is 20.5 Å². The molecule has 6 rings (SSSR count). The molecule has 8 nitrogen and oxygen atoms in total. The van der Waals surface area contributed by atoms with Gasteiger partial charge in [0.15, 0.2) is 6.10 Å². The lowest BCUT2D eigenvalue weighted by Gasteiger charge is -2.57. The monoisotopic (exact) mass is 493 g/mol. The number of pyridine rings is 1. The minimum absolute atomic E-state index is 0.0850. The predicted molar refractivity (Wildman–Crippen MR) is 129 cm³/mol. The van der Waals surface area contributed by atoms with Crippen LogP contribution in [0.5, 0.6) is 5.75 Å². The quantitative estimate of drug-likeness (QED) is 0.409. The molecule has 36 heavy (non-hydrogen) atoms. The molecule has 0 atom stereocenters. The number of nitrogens with one attached hydrogen (secondary N) is 2. The number of rotatable bonds is 7. The SMILES string of the molecule is O=C(NC1CC2(C1)CC(c1n[nH]c(=O)c3ccccc13)C2)c1cnc2cc(OC(CF)CF)ccn12. The summed E-state index contributed by atoms with van der Waals surface area (Å²) >= 11 is 0. The van der Waals surface area contributed by atoms with Gasteiger partial charge < -0.3 is 10.1 Å². The van der Waals surface area contributed by atoms with Gasteiger partial charge in [-0.05, 0) is 43.2 Å². The molecule has 2 saturated carbocycles. The van der Waals surface area contributed by atoms with Crippen molar-refractivity contribution in [3.05, 3.63) is 70.5 Å². The topological polar surface area (TPSA) is 101 Å². The fourth-order valence-electron chi connectivity index (χ4n) is 5.81. The lowest BCUT2D eigenvalue weighted by atomic mass is 9.49. The van der Waals surface area contributed by atoms with Crippen LogP contribution < -0.4 is 15.6 Å². The Labute approximate surface area is 204 Å². The summed E-state index contributed by atoms with van der Waals surface area (Å²) in [5.41, 5.74) is 1.83. The summed E-state index contributed by atoms with van der Waals surface area (Å²) in [6.45, 7) is -1.85. The van der Waals surface area contributed by atoms with E-state index in [-0.39, 0.29) is 22.9 Å². The van der Waals surface area contributed by atoms with Crippen LogP contribution in [-0.2, 0) is 0 Å². The molecule has 4 aromatic rings. The lowest BCUT2D eigenvalue weighted by Crippen LogP contribution is -2.55. The van der Waals surface area contributed by atoms with Crippen LogP contribution in [0.4, 0.5) is 8.78 Å². The highest BCUT2D eigenvalue weighted by Crippen LogP contribution is 2.62. The van der Waals surface area contributed by atoms with Crippen LogP contribution in [-0.4, -0.2) is 51.0 Å². The molecule has 0 aliphatic heterocycles. The third kappa shape index (κ3) is 3.81. The Kier molecular flexibility index (Phi) is 5.46. The van der Waals surface area contributed by atoms with E-state index < -0.39 is 19.5 Å². The molecule has 0 radical (unpaired) electrons. The fourth-order valence-corrected chi connectivity index (χ4v) is 5.81. The lowest BCUT2D eigenvalue weighted by molar-refractivity contribution is -0.0197. The molecule has 10 heteroatoms. The molecule has 2 fully saturated rings. The van der Waals surface area contributed by atoms with Crippen LogP contribution in [0.25, 0.3) is 16.4 Å². The second-order valence-corrected chi connectivity index (χ2v) is 9.95. The number of aromatic amines is 1. The molecule has 0 bridgehead atoms. The maximum atomic E-state index is 12.9. The normalized spacial score (nSPS) is 23.1. The van der Waals surface area contributed by atoms with Gasteiger partial charge in [-0.25, -0.2) is 18.9 Å². The molecular weight excluding hydrogens is 468 g/mol. The van der Waals surface area contributed by atoms with E-state index in [4.69, 9.17) is 4.74 Å². The van der Waals surface area contributed by atoms with Crippen molar-refractivity contribution in [2.75, 3.05) is 13.3 Å². The average Bonchev–Trinajstić information content (AvgIpc) is 3.27. The van der Waals surface area contributed by atoms with Crippen molar-refractivity contribution in [3.63, 3.8) is 0 Å². The number of carbonyl (C=O) groups excluding carboxylic acids is 1. The zero-order valence-electron chi connectivity index (χ0n) is 19.4. The molecule has 0 saturated heterocycles. The first-order chi connectivity index (χ1) is 17.5. The van der Waals surface area contributed by atoms with Crippen LogP contribution in [0.3, 0.4) is 0 Å². The first-order valence-electron chi connectivity index (χ1n) is 12.0. The van der Waals surface area contributed by atoms with Crippen molar-refractivity contribution in [1.82, 2.24) is 24.9 Å². The van der Waals surface area contributed by atoms with Gasteiger partial charge in [-0.2, -0.15) is 5.10 Å². The number of H-pyrrole nitrogens is 1. The number of imidazole rings is 1. The molecule has 2 aliphatic carbocycles. The van der Waals surface area contributed by atoms with Crippen LogP contribution in [0.2, 0.25) is 0 Å². The van der Waals surface area contributed by atoms with Gasteiger partial charge in [0.05, 0.1) is 17.3 Å². The van der Waals surface area contributed by atoms with Gasteiger partial charge in [-0.3, -0.25) is 14.0 Å². The van der Waals surface area contributed by atoms with E-state index in [1.165, 1.54) is 6.20 Å². The van der Waals surface area contributed by atoms with Gasteiger partial charge >= 0.3 is 0 Å². The number of carbonyl (C=O) groups is 1. The summed E-state index contributed by atoms with van der Waals surface area (Å²) in [5, 5.41) is 11.7. The number of benzene rings is 1. The zero-order valence-corrected chi connectivity index (χ0v) is 19.4. The number of nitrogens with zero attached hydrogens (tertiary/aromatic N) is 3. The third-order valence-corrected chi connectivity index (χ3v) is 7.53. The highest BCUT2D eigenvalue weighted by atomic mass is 19.1. The van der Waals surface area contributed by atoms with Crippen LogP contribution in [0, 0.1) is 5.41 Å². The number of amides is 1. The Hall–Kier alpha value is -3.82. The Balaban J connectivity index is 1.07. The van der Waals surface area contributed by atoms with Crippen LogP contribution in [0.15, 0.2) is 53.6 Å². The number of aromatic nitrogens is 4. The molecule has 0 unspecified atom stereocenters. The van der Waals surface area contributed by atoms with E-state index >= 15 is 0 Å². The first-order valence-corrected chi connectivity index (χ1v) is 12.0. The first kappa shape index (κ1) is 22.6. The van der Waals surface area contributed by atoms with E-state index in [9.17, 15) is 18.4 Å². The van der Waals surface area contributed by atoms with Crippen molar-refractivity contribution in [1.29, 1.82) is 0 Å². The van der Waals surface area contributed by atoms with Crippen molar-refractivity contribution >= 4 is 22.3 Å². The molecule has 186 valence electrons. The van der Waals surface area contributed by atoms with Crippen LogP contribution in [0.1, 0.15) is 47.8 Å². The Morgan fingerprint density at radius 2 is 1.92 bits per heavy atom. The summed E-state index contributed by atoms with van der Waals surface area (Å²) in [5.74, 6) is 0.379. The summed E-state index contributed by atoms with van der Waals surface area (Å²) in [4.78, 5) is 29.2. The van der Waals surface area contributed by atoms with Gasteiger partial charge in [-0.1, -0.05) is 18.2 Å². The maximum Gasteiger partial charge on any atom is 0.272 e. The molecule has 3 heterocycles. The minimum Gasteiger partial charge on any atom is -0.485 e. The molecular formula is C26H25F2N5O3. The predicted octanol–water partition coefficient (Wildman–Crippen LogP) is 3.71. The van der Waals surface area contributed by atoms with E-state index in [0.29, 0.717) is 28.4 Å². The molecule has 2 aliphatic rings. The number of hydrogen-bond donors (Lipinski definition) is 2. The average molecular weight is 494 g/mol. The molecule has 1 spiro atoms. The van der Waals surface area contributed by atoms with Gasteiger partial charge in [0.1, 0.15) is 30.4 Å². The standard InChI is InChI=1S/C26H25F2N5O3/c27-12-18(13-28)36-17-5-6-33-21(14-29-22(33)7-17)25(35)30-16-10-26(11-16)8-15(9-26)23-19-3-1-2-4-20(19)24(34)32-31-23/h1-7,14-16,18H,8-13H2,(H,30,35)(H,32,34). The maximum absolute atomic E-state index is 12.9. The number of alkyl halides is 2. The third-order valence-electron chi connectivity index (χ3n) is 7.53. The zero-order chi connectivity index (χ0) is 24.9. The summed E-state index contributed by atoms with van der Waals surface area (Å²) in [7, 11) is 0. The molecule has 2 N–H and O–H groups in total. The minimum atomic E-state index is -1.15. The molecule has 3 aromatic heterocycles. The summed E-state index contributed by atoms with van der Waals surface area (Å²) in [6, 6.07) is 10.8.